The fraction of sp³-hybridized carbons (Fsp3) is 0.357. The van der Waals surface area contributed by atoms with E-state index in [0.717, 1.165) is 12.0 Å². The van der Waals surface area contributed by atoms with Crippen LogP contribution < -0.4 is 10.0 Å². The van der Waals surface area contributed by atoms with Crippen molar-refractivity contribution in [3.8, 4) is 11.3 Å². The van der Waals surface area contributed by atoms with Gasteiger partial charge in [-0.25, -0.2) is 9.71 Å². The summed E-state index contributed by atoms with van der Waals surface area (Å²) in [4.78, 5) is 54.3. The number of ketones is 1. The fourth-order valence-corrected chi connectivity index (χ4v) is 5.93. The van der Waals surface area contributed by atoms with Gasteiger partial charge in [0.1, 0.15) is 34.9 Å². The SMILES string of the molecule is CC(=O)c1nn(CC(=O)N2[C@H](C(=O)Nc3nc(Br)ccc3C)C[C@@]3(C)C[C@@H]23)c2cnc(-c3cnc(C)[n+]([O-])c3)cc12. The number of likely N-dealkylation sites (tertiary alicyclic amines) is 1. The van der Waals surface area contributed by atoms with Crippen molar-refractivity contribution in [1.82, 2.24) is 29.6 Å². The highest BCUT2D eigenvalue weighted by molar-refractivity contribution is 9.10. The minimum Gasteiger partial charge on any atom is -0.711 e. The Morgan fingerprint density at radius 1 is 1.20 bits per heavy atom. The maximum atomic E-state index is 13.8. The zero-order chi connectivity index (χ0) is 29.2. The van der Waals surface area contributed by atoms with Crippen LogP contribution in [0.3, 0.4) is 0 Å². The highest BCUT2D eigenvalue weighted by Crippen LogP contribution is 2.59. The summed E-state index contributed by atoms with van der Waals surface area (Å²) in [5.41, 5.74) is 2.31. The van der Waals surface area contributed by atoms with Crippen molar-refractivity contribution in [2.45, 2.75) is 59.2 Å². The number of piperidine rings is 1. The lowest BCUT2D eigenvalue weighted by atomic mass is 10.0. The van der Waals surface area contributed by atoms with Crippen LogP contribution in [0.2, 0.25) is 0 Å². The monoisotopic (exact) mass is 618 g/mol. The molecule has 2 fully saturated rings. The van der Waals surface area contributed by atoms with Gasteiger partial charge in [-0.05, 0) is 58.8 Å². The number of halogens is 1. The first-order valence-corrected chi connectivity index (χ1v) is 13.9. The predicted octanol–water partition coefficient (Wildman–Crippen LogP) is 3.12. The Hall–Kier alpha value is -4.26. The molecule has 13 heteroatoms. The van der Waals surface area contributed by atoms with Gasteiger partial charge in [0.2, 0.25) is 11.8 Å². The summed E-state index contributed by atoms with van der Waals surface area (Å²) in [6.07, 6.45) is 5.81. The number of pyridine rings is 2. The Morgan fingerprint density at radius 3 is 2.71 bits per heavy atom. The molecule has 2 aliphatic rings. The largest absolute Gasteiger partial charge is 0.711 e. The average molecular weight is 619 g/mol. The molecule has 1 aliphatic carbocycles. The van der Waals surface area contributed by atoms with E-state index in [1.165, 1.54) is 30.2 Å². The first-order chi connectivity index (χ1) is 19.4. The molecule has 4 aromatic rings. The summed E-state index contributed by atoms with van der Waals surface area (Å²) < 4.78 is 2.71. The van der Waals surface area contributed by atoms with Gasteiger partial charge in [0.05, 0.1) is 23.0 Å². The molecule has 4 aromatic heterocycles. The van der Waals surface area contributed by atoms with Crippen LogP contribution >= 0.6 is 15.9 Å². The Balaban J connectivity index is 1.29. The number of nitrogens with zero attached hydrogens (tertiary/aromatic N) is 7. The van der Waals surface area contributed by atoms with Crippen molar-refractivity contribution in [2.24, 2.45) is 5.41 Å². The molecule has 12 nitrogen and oxygen atoms in total. The van der Waals surface area contributed by atoms with E-state index in [0.29, 0.717) is 49.6 Å². The molecule has 1 N–H and O–H groups in total. The third-order valence-electron chi connectivity index (χ3n) is 8.05. The van der Waals surface area contributed by atoms with Crippen LogP contribution in [-0.2, 0) is 16.1 Å². The second kappa shape index (κ2) is 9.68. The summed E-state index contributed by atoms with van der Waals surface area (Å²) in [5.74, 6) is -0.0867. The van der Waals surface area contributed by atoms with E-state index in [2.05, 4.69) is 48.2 Å². The summed E-state index contributed by atoms with van der Waals surface area (Å²) >= 11 is 3.34. The molecule has 1 saturated carbocycles. The van der Waals surface area contributed by atoms with E-state index in [4.69, 9.17) is 0 Å². The van der Waals surface area contributed by atoms with Gasteiger partial charge >= 0.3 is 0 Å². The van der Waals surface area contributed by atoms with Gasteiger partial charge in [-0.2, -0.15) is 5.10 Å². The second-order valence-electron chi connectivity index (χ2n) is 11.0. The molecule has 1 saturated heterocycles. The van der Waals surface area contributed by atoms with Crippen molar-refractivity contribution in [3.63, 3.8) is 0 Å². The van der Waals surface area contributed by atoms with Crippen LogP contribution in [0.4, 0.5) is 5.82 Å². The van der Waals surface area contributed by atoms with Gasteiger partial charge in [0.15, 0.2) is 12.0 Å². The Labute approximate surface area is 243 Å². The zero-order valence-electron chi connectivity index (χ0n) is 22.9. The molecule has 3 atom stereocenters. The predicted molar refractivity (Wildman–Crippen MR) is 152 cm³/mol. The number of rotatable bonds is 6. The van der Waals surface area contributed by atoms with Crippen LogP contribution in [0.5, 0.6) is 0 Å². The zero-order valence-corrected chi connectivity index (χ0v) is 24.5. The lowest BCUT2D eigenvalue weighted by molar-refractivity contribution is -0.615. The van der Waals surface area contributed by atoms with Gasteiger partial charge in [0, 0.05) is 25.3 Å². The number of fused-ring (bicyclic) bond motifs is 2. The quantitative estimate of drug-likeness (QED) is 0.150. The van der Waals surface area contributed by atoms with E-state index >= 15 is 0 Å². The molecule has 0 aromatic carbocycles. The van der Waals surface area contributed by atoms with E-state index in [1.807, 2.05) is 13.0 Å². The molecule has 0 unspecified atom stereocenters. The molecule has 1 aliphatic heterocycles. The molecular weight excluding hydrogens is 592 g/mol. The smallest absolute Gasteiger partial charge is 0.298 e. The highest BCUT2D eigenvalue weighted by atomic mass is 79.9. The van der Waals surface area contributed by atoms with E-state index < -0.39 is 6.04 Å². The molecule has 2 amide bonds. The number of aryl methyl sites for hydroxylation is 2. The maximum Gasteiger partial charge on any atom is 0.298 e. The Morgan fingerprint density at radius 2 is 1.98 bits per heavy atom. The first kappa shape index (κ1) is 26.9. The molecular formula is C28H27BrN8O4. The number of hydrogen-bond donors (Lipinski definition) is 1. The third kappa shape index (κ3) is 4.73. The van der Waals surface area contributed by atoms with Crippen molar-refractivity contribution < 1.29 is 19.1 Å². The second-order valence-corrected chi connectivity index (χ2v) is 11.9. The molecule has 0 radical (unpaired) electrons. The minimum absolute atomic E-state index is 0.0472. The fourth-order valence-electron chi connectivity index (χ4n) is 5.62. The van der Waals surface area contributed by atoms with Crippen LogP contribution in [0.1, 0.15) is 48.6 Å². The number of carbonyl (C=O) groups is 3. The Bertz CT molecular complexity index is 1770. The van der Waals surface area contributed by atoms with E-state index in [9.17, 15) is 19.6 Å². The molecule has 5 heterocycles. The number of carbonyl (C=O) groups excluding carboxylic acids is 3. The summed E-state index contributed by atoms with van der Waals surface area (Å²) in [6.45, 7) is 6.78. The number of hydrogen-bond acceptors (Lipinski definition) is 8. The Kier molecular flexibility index (Phi) is 6.36. The first-order valence-electron chi connectivity index (χ1n) is 13.1. The minimum atomic E-state index is -0.655. The third-order valence-corrected chi connectivity index (χ3v) is 8.49. The van der Waals surface area contributed by atoms with Gasteiger partial charge in [0.25, 0.3) is 5.82 Å². The molecule has 6 rings (SSSR count). The number of aromatic nitrogens is 6. The lowest BCUT2D eigenvalue weighted by Crippen LogP contribution is -2.47. The van der Waals surface area contributed by atoms with Gasteiger partial charge in [-0.1, -0.05) is 18.0 Å². The molecule has 41 heavy (non-hydrogen) atoms. The van der Waals surface area contributed by atoms with Crippen LogP contribution in [0.25, 0.3) is 22.2 Å². The molecule has 0 bridgehead atoms. The van der Waals surface area contributed by atoms with Crippen molar-refractivity contribution >= 4 is 50.2 Å². The molecule has 210 valence electrons. The summed E-state index contributed by atoms with van der Waals surface area (Å²) in [6, 6.07) is 4.62. The van der Waals surface area contributed by atoms with Gasteiger partial charge in [-0.15, -0.1) is 0 Å². The number of nitrogens with one attached hydrogen (secondary N) is 1. The van der Waals surface area contributed by atoms with Gasteiger partial charge in [-0.3, -0.25) is 24.0 Å². The lowest BCUT2D eigenvalue weighted by Gasteiger charge is -2.27. The van der Waals surface area contributed by atoms with Crippen LogP contribution in [-0.4, -0.2) is 59.3 Å². The van der Waals surface area contributed by atoms with Crippen LogP contribution in [0.15, 0.2) is 41.4 Å². The van der Waals surface area contributed by atoms with E-state index in [1.54, 1.807) is 24.0 Å². The van der Waals surface area contributed by atoms with Crippen molar-refractivity contribution in [2.75, 3.05) is 5.32 Å². The van der Waals surface area contributed by atoms with Gasteiger partial charge < -0.3 is 15.4 Å². The summed E-state index contributed by atoms with van der Waals surface area (Å²) in [7, 11) is 0. The molecule has 0 spiro atoms. The number of anilines is 1. The number of Topliss-reactive ketones (excluding diaryl/α,β-unsaturated/α-hetero) is 1. The topological polar surface area (TPSA) is 150 Å². The van der Waals surface area contributed by atoms with E-state index in [-0.39, 0.29) is 41.3 Å². The standard InChI is InChI=1S/C28H27BrN8O4/c1-14-5-6-23(29)32-26(14)33-27(40)20-8-28(4)9-22(28)37(20)24(39)13-35-21-11-31-19(7-18(21)25(34-35)15(2)38)17-10-30-16(3)36(41)12-17/h5-7,10-12,20,22H,8-9,13H2,1-4H3,(H,32,33,40)/t20-,22+,28-/m0/s1. The average Bonchev–Trinajstić information content (AvgIpc) is 3.29. The van der Waals surface area contributed by atoms with Crippen molar-refractivity contribution in [1.29, 1.82) is 0 Å². The normalized spacial score (nSPS) is 21.1. The van der Waals surface area contributed by atoms with Crippen molar-refractivity contribution in [3.05, 3.63) is 63.7 Å². The summed E-state index contributed by atoms with van der Waals surface area (Å²) in [5, 5.41) is 19.9. The number of amides is 2. The highest BCUT2D eigenvalue weighted by Gasteiger charge is 2.64. The maximum absolute atomic E-state index is 13.8. The van der Waals surface area contributed by atoms with Crippen LogP contribution in [0, 0.1) is 24.5 Å².